The lowest BCUT2D eigenvalue weighted by molar-refractivity contribution is 0.204. The molecule has 3 aliphatic rings. The number of benzene rings is 2. The number of rotatable bonds is 7. The van der Waals surface area contributed by atoms with Gasteiger partial charge in [0.2, 0.25) is 0 Å². The summed E-state index contributed by atoms with van der Waals surface area (Å²) in [7, 11) is 0. The highest BCUT2D eigenvalue weighted by molar-refractivity contribution is 5.46. The van der Waals surface area contributed by atoms with Crippen LogP contribution in [0.25, 0.3) is 0 Å². The number of hydrogen-bond acceptors (Lipinski definition) is 3. The van der Waals surface area contributed by atoms with Crippen molar-refractivity contribution in [3.63, 3.8) is 0 Å². The van der Waals surface area contributed by atoms with Crippen LogP contribution in [-0.2, 0) is 6.67 Å². The van der Waals surface area contributed by atoms with Crippen LogP contribution in [0.15, 0.2) is 42.5 Å². The third-order valence-corrected chi connectivity index (χ3v) is 7.45. The zero-order valence-electron chi connectivity index (χ0n) is 18.6. The Balaban J connectivity index is 1.29. The van der Waals surface area contributed by atoms with Crippen LogP contribution in [0.5, 0.6) is 5.75 Å². The number of piperidine rings is 1. The molecule has 0 bridgehead atoms. The van der Waals surface area contributed by atoms with E-state index in [4.69, 9.17) is 4.74 Å². The Hall–Kier alpha value is -1.91. The molecule has 2 fully saturated rings. The number of alkyl halides is 1. The minimum Gasteiger partial charge on any atom is -0.494 e. The second kappa shape index (κ2) is 9.70. The molecule has 2 atom stereocenters. The lowest BCUT2D eigenvalue weighted by Gasteiger charge is -2.37. The monoisotopic (exact) mass is 422 g/mol. The lowest BCUT2D eigenvalue weighted by Crippen LogP contribution is -2.34. The summed E-state index contributed by atoms with van der Waals surface area (Å²) in [6.45, 7) is 6.28. The van der Waals surface area contributed by atoms with Crippen LogP contribution >= 0.6 is 0 Å². The van der Waals surface area contributed by atoms with E-state index in [9.17, 15) is 4.39 Å². The zero-order valence-corrected chi connectivity index (χ0v) is 18.6. The first-order chi connectivity index (χ1) is 15.3. The van der Waals surface area contributed by atoms with Crippen molar-refractivity contribution >= 4 is 0 Å². The maximum absolute atomic E-state index is 13.0. The van der Waals surface area contributed by atoms with Crippen LogP contribution in [0.4, 0.5) is 4.39 Å². The molecule has 3 heterocycles. The van der Waals surface area contributed by atoms with Gasteiger partial charge in [-0.3, -0.25) is 4.90 Å². The summed E-state index contributed by atoms with van der Waals surface area (Å²) in [5.41, 5.74) is 4.92. The van der Waals surface area contributed by atoms with E-state index in [-0.39, 0.29) is 0 Å². The van der Waals surface area contributed by atoms with Gasteiger partial charge in [0.1, 0.15) is 12.4 Å². The Labute approximate surface area is 186 Å². The molecule has 0 saturated carbocycles. The van der Waals surface area contributed by atoms with Crippen molar-refractivity contribution in [2.75, 3.05) is 39.3 Å². The van der Waals surface area contributed by atoms with Gasteiger partial charge in [0.15, 0.2) is 0 Å². The van der Waals surface area contributed by atoms with Crippen molar-refractivity contribution < 1.29 is 9.13 Å². The summed E-state index contributed by atoms with van der Waals surface area (Å²) in [5.74, 6) is 1.36. The molecule has 0 radical (unpaired) electrons. The van der Waals surface area contributed by atoms with Crippen molar-refractivity contribution in [3.05, 3.63) is 64.7 Å². The lowest BCUT2D eigenvalue weighted by atomic mass is 9.81. The normalized spacial score (nSPS) is 24.0. The summed E-state index contributed by atoms with van der Waals surface area (Å²) >= 11 is 0. The zero-order chi connectivity index (χ0) is 21.0. The molecule has 0 unspecified atom stereocenters. The van der Waals surface area contributed by atoms with Crippen LogP contribution in [0, 0.1) is 0 Å². The highest BCUT2D eigenvalue weighted by Crippen LogP contribution is 2.45. The van der Waals surface area contributed by atoms with E-state index in [1.165, 1.54) is 68.4 Å². The Morgan fingerprint density at radius 3 is 2.55 bits per heavy atom. The third-order valence-electron chi connectivity index (χ3n) is 7.45. The average molecular weight is 423 g/mol. The highest BCUT2D eigenvalue weighted by atomic mass is 19.1. The standard InChI is InChI=1S/C27H35FN2O/c28-19-21-7-9-22(10-8-21)26-20-30-16-4-6-27(30)25-18-23(11-12-24(25)26)31-17-5-15-29-13-2-1-3-14-29/h7-12,18,26-27H,1-6,13-17,19-20H2/t26-,27+/m1/s1. The van der Waals surface area contributed by atoms with E-state index in [1.54, 1.807) is 0 Å². The fourth-order valence-electron chi connectivity index (χ4n) is 5.76. The van der Waals surface area contributed by atoms with Crippen molar-refractivity contribution in [1.82, 2.24) is 9.80 Å². The van der Waals surface area contributed by atoms with Crippen molar-refractivity contribution in [2.24, 2.45) is 0 Å². The number of nitrogens with zero attached hydrogens (tertiary/aromatic N) is 2. The molecule has 0 amide bonds. The molecule has 0 aromatic heterocycles. The molecule has 166 valence electrons. The maximum Gasteiger partial charge on any atom is 0.119 e. The van der Waals surface area contributed by atoms with Crippen molar-refractivity contribution in [1.29, 1.82) is 0 Å². The van der Waals surface area contributed by atoms with Gasteiger partial charge in [0.25, 0.3) is 0 Å². The van der Waals surface area contributed by atoms with Crippen molar-refractivity contribution in [2.45, 2.75) is 57.2 Å². The molecular formula is C27H35FN2O. The molecule has 5 rings (SSSR count). The number of hydrogen-bond donors (Lipinski definition) is 0. The predicted octanol–water partition coefficient (Wildman–Crippen LogP) is 5.69. The topological polar surface area (TPSA) is 15.7 Å². The van der Waals surface area contributed by atoms with Crippen LogP contribution < -0.4 is 4.74 Å². The SMILES string of the molecule is FCc1ccc([C@H]2CN3CCC[C@H]3c3cc(OCCCN4CCCCC4)ccc32)cc1. The molecule has 2 saturated heterocycles. The minimum atomic E-state index is -0.395. The van der Waals surface area contributed by atoms with Crippen LogP contribution in [0.3, 0.4) is 0 Å². The Bertz CT molecular complexity index is 862. The molecule has 3 nitrogen and oxygen atoms in total. The molecule has 2 aromatic rings. The van der Waals surface area contributed by atoms with Gasteiger partial charge >= 0.3 is 0 Å². The van der Waals surface area contributed by atoms with E-state index in [0.29, 0.717) is 12.0 Å². The molecule has 2 aromatic carbocycles. The minimum absolute atomic E-state index is 0.353. The second-order valence-corrected chi connectivity index (χ2v) is 9.48. The summed E-state index contributed by atoms with van der Waals surface area (Å²) in [6, 6.07) is 15.4. The maximum atomic E-state index is 13.0. The third kappa shape index (κ3) is 4.65. The molecule has 0 N–H and O–H groups in total. The smallest absolute Gasteiger partial charge is 0.119 e. The Morgan fingerprint density at radius 2 is 1.74 bits per heavy atom. The molecule has 31 heavy (non-hydrogen) atoms. The highest BCUT2D eigenvalue weighted by Gasteiger charge is 2.36. The van der Waals surface area contributed by atoms with Crippen molar-refractivity contribution in [3.8, 4) is 5.75 Å². The number of likely N-dealkylation sites (tertiary alicyclic amines) is 1. The first-order valence-corrected chi connectivity index (χ1v) is 12.2. The van der Waals surface area contributed by atoms with Gasteiger partial charge in [0.05, 0.1) is 6.61 Å². The second-order valence-electron chi connectivity index (χ2n) is 9.48. The van der Waals surface area contributed by atoms with E-state index < -0.39 is 6.67 Å². The van der Waals surface area contributed by atoms with E-state index >= 15 is 0 Å². The summed E-state index contributed by atoms with van der Waals surface area (Å²) in [5, 5.41) is 0. The predicted molar refractivity (Wildman–Crippen MR) is 123 cm³/mol. The van der Waals surface area contributed by atoms with Gasteiger partial charge in [0, 0.05) is 25.0 Å². The molecular weight excluding hydrogens is 387 g/mol. The van der Waals surface area contributed by atoms with E-state index in [2.05, 4.69) is 40.1 Å². The van der Waals surface area contributed by atoms with Crippen LogP contribution in [0.2, 0.25) is 0 Å². The Kier molecular flexibility index (Phi) is 6.56. The molecule has 0 aliphatic carbocycles. The summed E-state index contributed by atoms with van der Waals surface area (Å²) in [6.07, 6.45) is 7.68. The van der Waals surface area contributed by atoms with Gasteiger partial charge in [-0.1, -0.05) is 36.8 Å². The van der Waals surface area contributed by atoms with Gasteiger partial charge in [-0.25, -0.2) is 4.39 Å². The van der Waals surface area contributed by atoms with E-state index in [1.807, 2.05) is 12.1 Å². The fraction of sp³-hybridized carbons (Fsp3) is 0.556. The number of halogens is 1. The van der Waals surface area contributed by atoms with Crippen LogP contribution in [-0.4, -0.2) is 49.1 Å². The fourth-order valence-corrected chi connectivity index (χ4v) is 5.76. The first-order valence-electron chi connectivity index (χ1n) is 12.2. The molecule has 3 aliphatic heterocycles. The van der Waals surface area contributed by atoms with Gasteiger partial charge in [-0.15, -0.1) is 0 Å². The van der Waals surface area contributed by atoms with Gasteiger partial charge in [-0.2, -0.15) is 0 Å². The quantitative estimate of drug-likeness (QED) is 0.533. The number of fused-ring (bicyclic) bond motifs is 3. The average Bonchev–Trinajstić information content (AvgIpc) is 3.31. The molecule has 4 heteroatoms. The first kappa shape index (κ1) is 21.0. The molecule has 0 spiro atoms. The summed E-state index contributed by atoms with van der Waals surface area (Å²) < 4.78 is 19.2. The van der Waals surface area contributed by atoms with E-state index in [0.717, 1.165) is 37.4 Å². The van der Waals surface area contributed by atoms with Gasteiger partial charge in [-0.05, 0) is 86.1 Å². The largest absolute Gasteiger partial charge is 0.494 e. The van der Waals surface area contributed by atoms with Crippen LogP contribution in [0.1, 0.15) is 72.7 Å². The van der Waals surface area contributed by atoms with Gasteiger partial charge < -0.3 is 9.64 Å². The summed E-state index contributed by atoms with van der Waals surface area (Å²) in [4.78, 5) is 5.21. The number of ether oxygens (including phenoxy) is 1. The Morgan fingerprint density at radius 1 is 0.903 bits per heavy atom.